The lowest BCUT2D eigenvalue weighted by Gasteiger charge is -2.34. The summed E-state index contributed by atoms with van der Waals surface area (Å²) in [7, 11) is 3.15. The number of nitrogens with zero attached hydrogens (tertiary/aromatic N) is 4. The molecule has 3 saturated heterocycles. The summed E-state index contributed by atoms with van der Waals surface area (Å²) in [6.45, 7) is 3.29. The molecule has 29 nitrogen and oxygen atoms in total. The van der Waals surface area contributed by atoms with Crippen LogP contribution in [0.3, 0.4) is 0 Å². The molecule has 4 aromatic carbocycles. The summed E-state index contributed by atoms with van der Waals surface area (Å²) in [4.78, 5) is 104. The molecule has 0 aliphatic carbocycles. The zero-order valence-electron chi connectivity index (χ0n) is 52.5. The molecule has 7 amide bonds. The number of benzene rings is 4. The molecule has 5 aromatic rings. The van der Waals surface area contributed by atoms with Gasteiger partial charge < -0.3 is 102 Å². The highest BCUT2D eigenvalue weighted by Gasteiger charge is 2.50. The Balaban J connectivity index is 1.05. The Labute approximate surface area is 546 Å². The molecule has 3 aliphatic heterocycles. The van der Waals surface area contributed by atoms with Crippen molar-refractivity contribution in [3.05, 3.63) is 102 Å². The number of aliphatic hydroxyl groups is 6. The normalized spacial score (nSPS) is 24.4. The highest BCUT2D eigenvalue weighted by molar-refractivity contribution is 7.17. The molecular weight excluding hydrogens is 1240 g/mol. The van der Waals surface area contributed by atoms with Crippen LogP contribution in [0.4, 0.5) is 0 Å². The summed E-state index contributed by atoms with van der Waals surface area (Å²) in [6.07, 6.45) is -11.9. The molecule has 508 valence electrons. The van der Waals surface area contributed by atoms with Crippen LogP contribution >= 0.6 is 11.3 Å². The van der Waals surface area contributed by atoms with Gasteiger partial charge in [0.25, 0.3) is 5.91 Å². The smallest absolute Gasteiger partial charge is 0.251 e. The van der Waals surface area contributed by atoms with Crippen molar-refractivity contribution < 1.29 is 88.3 Å². The third-order valence-corrected chi connectivity index (χ3v) is 17.4. The average Bonchev–Trinajstić information content (AvgIpc) is 1.63. The molecule has 94 heavy (non-hydrogen) atoms. The van der Waals surface area contributed by atoms with E-state index in [1.807, 2.05) is 48.5 Å². The van der Waals surface area contributed by atoms with Gasteiger partial charge in [0.2, 0.25) is 35.4 Å². The maximum atomic E-state index is 14.8. The van der Waals surface area contributed by atoms with Gasteiger partial charge in [0, 0.05) is 88.8 Å². The summed E-state index contributed by atoms with van der Waals surface area (Å²) in [6, 6.07) is 14.7. The number of nitrogens with two attached hydrogens (primary N) is 1. The Bertz CT molecular complexity index is 3380. The number of carbonyl (C=O) groups excluding carboxylic acids is 7. The zero-order valence-corrected chi connectivity index (χ0v) is 53.3. The second-order valence-corrected chi connectivity index (χ2v) is 24.4. The van der Waals surface area contributed by atoms with Crippen LogP contribution in [0.15, 0.2) is 91.0 Å². The van der Waals surface area contributed by atoms with Crippen LogP contribution in [0.25, 0.3) is 32.3 Å². The van der Waals surface area contributed by atoms with E-state index in [-0.39, 0.29) is 48.7 Å². The first kappa shape index (κ1) is 71.6. The Morgan fingerprint density at radius 3 is 1.94 bits per heavy atom. The number of phenolic OH excluding ortho intramolecular Hbond substituents is 1. The number of aromatic nitrogens is 2. The summed E-state index contributed by atoms with van der Waals surface area (Å²) in [5.41, 5.74) is 9.48. The number of methoxy groups -OCH3 is 2. The number of ether oxygens (including phenoxy) is 4. The van der Waals surface area contributed by atoms with Gasteiger partial charge in [0.05, 0.1) is 49.8 Å². The van der Waals surface area contributed by atoms with Gasteiger partial charge in [-0.05, 0) is 73.0 Å². The van der Waals surface area contributed by atoms with E-state index >= 15 is 0 Å². The fraction of sp³-hybridized carbons (Fsp3) is 0.484. The number of aliphatic hydroxyl groups excluding tert-OH is 6. The quantitative estimate of drug-likeness (QED) is 0.0320. The number of hydrogen-bond acceptors (Lipinski definition) is 23. The standard InChI is InChI=1S/C64H83N11O18S/c1-34-32-75-54(55(34)82)60(87)67-31-42(77)29-45(68-56(83)39-8-12-41(13-9-39)62-73-72-61(94-62)40-10-6-37(7-11-40)38-14-16-44(17-15-38)92-26-25-91-4)57(84)69-51(35(2)76)63(88)74-33-43(78)30-46(74)58(85)70-52(59(86)71-53(64(75)89)48(80)19-20-65)49(81)27-36-5-18-47(79)50(28-36)93-24-22-66-21-23-90-3/h5-18,28,34-35,42-43,45-46,48-49,51-55,66,76-82H,19-27,29-33,65H2,1-4H3,(H,67,87)(H,68,83)(H,69,84)(H,70,85)(H,71,86)/t34-,35+,42+,43+,45-,46-,48+,49+,51-,52-,53-,54-,55-/m0/s1. The van der Waals surface area contributed by atoms with Crippen molar-refractivity contribution in [2.75, 3.05) is 79.9 Å². The third kappa shape index (κ3) is 18.3. The van der Waals surface area contributed by atoms with Gasteiger partial charge in [-0.15, -0.1) is 10.2 Å². The highest BCUT2D eigenvalue weighted by Crippen LogP contribution is 2.33. The first-order valence-corrected chi connectivity index (χ1v) is 31.7. The van der Waals surface area contributed by atoms with Gasteiger partial charge in [-0.1, -0.05) is 72.9 Å². The van der Waals surface area contributed by atoms with E-state index in [9.17, 15) is 69.3 Å². The largest absolute Gasteiger partial charge is 0.504 e. The van der Waals surface area contributed by atoms with Crippen LogP contribution in [-0.2, 0) is 44.7 Å². The van der Waals surface area contributed by atoms with E-state index in [4.69, 9.17) is 24.7 Å². The number of carbonyl (C=O) groups is 7. The number of β-amino-alcohol motifs (C(OH)–C–C–N with tert-alkyl or cyclic N) is 1. The zero-order chi connectivity index (χ0) is 67.8. The molecule has 30 heteroatoms. The fourth-order valence-corrected chi connectivity index (χ4v) is 12.1. The number of phenols is 1. The van der Waals surface area contributed by atoms with Crippen molar-refractivity contribution in [3.8, 4) is 49.5 Å². The van der Waals surface area contributed by atoms with Gasteiger partial charge in [0.15, 0.2) is 11.5 Å². The molecule has 1 aromatic heterocycles. The summed E-state index contributed by atoms with van der Waals surface area (Å²) in [5.74, 6) is -7.91. The summed E-state index contributed by atoms with van der Waals surface area (Å²) >= 11 is 1.30. The summed E-state index contributed by atoms with van der Waals surface area (Å²) in [5, 5.41) is 105. The second-order valence-electron chi connectivity index (χ2n) is 23.4. The van der Waals surface area contributed by atoms with Crippen molar-refractivity contribution >= 4 is 52.7 Å². The van der Waals surface area contributed by atoms with Gasteiger partial charge in [0.1, 0.15) is 65.2 Å². The van der Waals surface area contributed by atoms with Crippen molar-refractivity contribution in [1.29, 1.82) is 0 Å². The molecule has 3 aliphatic rings. The number of fused-ring (bicyclic) bond motifs is 2. The molecular formula is C64H83N11O18S. The van der Waals surface area contributed by atoms with Crippen molar-refractivity contribution in [2.45, 2.75) is 112 Å². The van der Waals surface area contributed by atoms with Crippen LogP contribution in [-0.4, -0.2) is 250 Å². The first-order chi connectivity index (χ1) is 45.1. The Kier molecular flexibility index (Phi) is 25.7. The predicted octanol–water partition coefficient (Wildman–Crippen LogP) is -1.82. The first-order valence-electron chi connectivity index (χ1n) is 30.9. The molecule has 3 fully saturated rings. The molecule has 0 bridgehead atoms. The van der Waals surface area contributed by atoms with Gasteiger partial charge in [-0.25, -0.2) is 0 Å². The molecule has 4 heterocycles. The van der Waals surface area contributed by atoms with Crippen LogP contribution in [0.5, 0.6) is 17.2 Å². The van der Waals surface area contributed by atoms with E-state index in [0.717, 1.165) is 39.2 Å². The third-order valence-electron chi connectivity index (χ3n) is 16.4. The molecule has 0 radical (unpaired) electrons. The minimum Gasteiger partial charge on any atom is -0.504 e. The lowest BCUT2D eigenvalue weighted by atomic mass is 9.98. The molecule has 0 spiro atoms. The van der Waals surface area contributed by atoms with Crippen LogP contribution in [0.1, 0.15) is 49.0 Å². The SMILES string of the molecule is COCCNCCOc1cc(C[C@@H](O)[C@@H]2NC(=O)[C@@H]3C[C@@H](O)CN3C(=O)[C@H]([C@@H](C)O)NC(=O)[C@@H](NC(=O)c3ccc(-c4nnc(-c5ccc(-c6ccc(OCCOC)cc6)cc5)s4)cc3)C[C@@H](O)CNC(=O)[C@@H]3[C@@H](O)[C@@H](C)CN3C(=O)[C@H]([C@H](O)CCN)NC2=O)ccc1O. The number of nitrogens with one attached hydrogen (secondary N) is 6. The van der Waals surface area contributed by atoms with Gasteiger partial charge in [-0.3, -0.25) is 33.6 Å². The number of aromatic hydroxyl groups is 1. The lowest BCUT2D eigenvalue weighted by molar-refractivity contribution is -0.147. The summed E-state index contributed by atoms with van der Waals surface area (Å²) < 4.78 is 21.5. The van der Waals surface area contributed by atoms with Crippen molar-refractivity contribution in [3.63, 3.8) is 0 Å². The van der Waals surface area contributed by atoms with Crippen molar-refractivity contribution in [1.82, 2.24) is 51.9 Å². The molecule has 13 atom stereocenters. The molecule has 8 rings (SSSR count). The van der Waals surface area contributed by atoms with E-state index in [1.54, 1.807) is 26.4 Å². The number of rotatable bonds is 23. The monoisotopic (exact) mass is 1330 g/mol. The minimum atomic E-state index is -2.05. The van der Waals surface area contributed by atoms with Gasteiger partial charge in [-0.2, -0.15) is 0 Å². The fourth-order valence-electron chi connectivity index (χ4n) is 11.2. The Hall–Kier alpha value is -8.27. The molecule has 15 N–H and O–H groups in total. The highest BCUT2D eigenvalue weighted by atomic mass is 32.1. The van der Waals surface area contributed by atoms with E-state index in [1.165, 1.54) is 48.6 Å². The lowest BCUT2D eigenvalue weighted by Crippen LogP contribution is -2.64. The maximum absolute atomic E-state index is 14.8. The number of hydrogen-bond donors (Lipinski definition) is 14. The van der Waals surface area contributed by atoms with E-state index in [2.05, 4.69) is 42.1 Å². The maximum Gasteiger partial charge on any atom is 0.251 e. The number of amides is 7. The predicted molar refractivity (Wildman–Crippen MR) is 340 cm³/mol. The van der Waals surface area contributed by atoms with Crippen LogP contribution in [0, 0.1) is 5.92 Å². The minimum absolute atomic E-state index is 0.00133. The molecule has 0 saturated carbocycles. The van der Waals surface area contributed by atoms with Crippen LogP contribution in [0.2, 0.25) is 0 Å². The Morgan fingerprint density at radius 1 is 0.681 bits per heavy atom. The van der Waals surface area contributed by atoms with Crippen molar-refractivity contribution in [2.24, 2.45) is 11.7 Å². The van der Waals surface area contributed by atoms with Gasteiger partial charge >= 0.3 is 0 Å². The molecule has 0 unspecified atom stereocenters. The Morgan fingerprint density at radius 2 is 1.29 bits per heavy atom. The van der Waals surface area contributed by atoms with Crippen LogP contribution < -0.4 is 47.1 Å². The average molecular weight is 1330 g/mol. The second kappa shape index (κ2) is 33.7. The topological polar surface area (TPSA) is 428 Å². The van der Waals surface area contributed by atoms with E-state index < -0.39 is 152 Å². The van der Waals surface area contributed by atoms with E-state index in [0.29, 0.717) is 48.5 Å².